The largest absolute Gasteiger partial charge is 0.477 e. The first kappa shape index (κ1) is 14.0. The van der Waals surface area contributed by atoms with Crippen molar-refractivity contribution in [2.45, 2.75) is 39.7 Å². The highest BCUT2D eigenvalue weighted by atomic mass is 16.5. The van der Waals surface area contributed by atoms with Gasteiger partial charge in [-0.15, -0.1) is 0 Å². The number of pyridine rings is 1. The van der Waals surface area contributed by atoms with E-state index in [-0.39, 0.29) is 0 Å². The third-order valence-corrected chi connectivity index (χ3v) is 3.31. The van der Waals surface area contributed by atoms with E-state index in [2.05, 4.69) is 31.1 Å². The van der Waals surface area contributed by atoms with E-state index in [1.165, 1.54) is 5.56 Å². The molecule has 0 aliphatic rings. The highest BCUT2D eigenvalue weighted by Crippen LogP contribution is 2.17. The van der Waals surface area contributed by atoms with Gasteiger partial charge in [-0.2, -0.15) is 0 Å². The molecule has 0 aliphatic carbocycles. The summed E-state index contributed by atoms with van der Waals surface area (Å²) in [5.74, 6) is 1.36. The molecule has 0 bridgehead atoms. The normalized spacial score (nSPS) is 12.8. The molecule has 3 heteroatoms. The summed E-state index contributed by atoms with van der Waals surface area (Å²) in [5, 5.41) is 3.21. The molecule has 1 N–H and O–H groups in total. The van der Waals surface area contributed by atoms with Crippen molar-refractivity contribution < 1.29 is 4.74 Å². The topological polar surface area (TPSA) is 34.1 Å². The number of nitrogens with one attached hydrogen (secondary N) is 1. The SMILES string of the molecule is CCC(CC)COc1cc(C(C)NC)ccn1. The number of nitrogens with zero attached hydrogens (tertiary/aromatic N) is 1. The van der Waals surface area contributed by atoms with Gasteiger partial charge in [0.2, 0.25) is 5.88 Å². The van der Waals surface area contributed by atoms with Crippen molar-refractivity contribution >= 4 is 0 Å². The van der Waals surface area contributed by atoms with Gasteiger partial charge in [-0.3, -0.25) is 0 Å². The standard InChI is InChI=1S/C14H24N2O/c1-5-12(6-2)10-17-14-9-13(7-8-16-14)11(3)15-4/h7-9,11-12,15H,5-6,10H2,1-4H3. The maximum Gasteiger partial charge on any atom is 0.213 e. The zero-order valence-electron chi connectivity index (χ0n) is 11.4. The summed E-state index contributed by atoms with van der Waals surface area (Å²) in [6.45, 7) is 7.28. The average molecular weight is 236 g/mol. The number of hydrogen-bond acceptors (Lipinski definition) is 3. The second-order valence-corrected chi connectivity index (χ2v) is 4.43. The maximum atomic E-state index is 5.75. The quantitative estimate of drug-likeness (QED) is 0.789. The van der Waals surface area contributed by atoms with Gasteiger partial charge < -0.3 is 10.1 Å². The summed E-state index contributed by atoms with van der Waals surface area (Å²) in [7, 11) is 1.95. The van der Waals surface area contributed by atoms with E-state index >= 15 is 0 Å². The van der Waals surface area contributed by atoms with Crippen LogP contribution in [0.5, 0.6) is 5.88 Å². The van der Waals surface area contributed by atoms with Crippen LogP contribution in [-0.2, 0) is 0 Å². The van der Waals surface area contributed by atoms with Gasteiger partial charge in [0.05, 0.1) is 6.61 Å². The molecule has 1 atom stereocenters. The third kappa shape index (κ3) is 4.35. The highest BCUT2D eigenvalue weighted by molar-refractivity contribution is 5.23. The van der Waals surface area contributed by atoms with Gasteiger partial charge in [-0.1, -0.05) is 26.7 Å². The highest BCUT2D eigenvalue weighted by Gasteiger charge is 2.07. The molecule has 0 saturated heterocycles. The molecule has 17 heavy (non-hydrogen) atoms. The summed E-state index contributed by atoms with van der Waals surface area (Å²) in [6.07, 6.45) is 4.12. The molecule has 0 aromatic carbocycles. The van der Waals surface area contributed by atoms with Crippen LogP contribution in [0.4, 0.5) is 0 Å². The second kappa shape index (κ2) is 7.28. The Morgan fingerprint density at radius 3 is 2.65 bits per heavy atom. The lowest BCUT2D eigenvalue weighted by atomic mass is 10.1. The van der Waals surface area contributed by atoms with Crippen LogP contribution in [0.1, 0.15) is 45.2 Å². The van der Waals surface area contributed by atoms with Gasteiger partial charge in [0.1, 0.15) is 0 Å². The Bertz CT molecular complexity index is 324. The smallest absolute Gasteiger partial charge is 0.213 e. The van der Waals surface area contributed by atoms with Crippen molar-refractivity contribution in [3.05, 3.63) is 23.9 Å². The molecule has 0 fully saturated rings. The monoisotopic (exact) mass is 236 g/mol. The summed E-state index contributed by atoms with van der Waals surface area (Å²) in [6, 6.07) is 4.36. The maximum absolute atomic E-state index is 5.75. The molecule has 1 unspecified atom stereocenters. The predicted molar refractivity (Wildman–Crippen MR) is 71.3 cm³/mol. The summed E-state index contributed by atoms with van der Waals surface area (Å²) < 4.78 is 5.75. The van der Waals surface area contributed by atoms with E-state index in [0.717, 1.165) is 25.3 Å². The van der Waals surface area contributed by atoms with Crippen molar-refractivity contribution in [3.8, 4) is 5.88 Å². The van der Waals surface area contributed by atoms with E-state index in [9.17, 15) is 0 Å². The van der Waals surface area contributed by atoms with Crippen LogP contribution in [0.2, 0.25) is 0 Å². The van der Waals surface area contributed by atoms with E-state index < -0.39 is 0 Å². The van der Waals surface area contributed by atoms with Gasteiger partial charge in [0, 0.05) is 18.3 Å². The molecule has 1 aromatic heterocycles. The number of rotatable bonds is 7. The molecule has 1 heterocycles. The molecule has 0 spiro atoms. The minimum absolute atomic E-state index is 0.327. The summed E-state index contributed by atoms with van der Waals surface area (Å²) in [4.78, 5) is 4.25. The lowest BCUT2D eigenvalue weighted by Crippen LogP contribution is -2.14. The van der Waals surface area contributed by atoms with Crippen molar-refractivity contribution in [2.24, 2.45) is 5.92 Å². The fourth-order valence-electron chi connectivity index (χ4n) is 1.67. The Balaban J connectivity index is 2.59. The Hall–Kier alpha value is -1.09. The van der Waals surface area contributed by atoms with Gasteiger partial charge in [-0.25, -0.2) is 4.98 Å². The molecular formula is C14H24N2O. The van der Waals surface area contributed by atoms with E-state index in [1.807, 2.05) is 25.4 Å². The second-order valence-electron chi connectivity index (χ2n) is 4.43. The lowest BCUT2D eigenvalue weighted by Gasteiger charge is -2.15. The number of hydrogen-bond donors (Lipinski definition) is 1. The summed E-state index contributed by atoms with van der Waals surface area (Å²) in [5.41, 5.74) is 1.21. The average Bonchev–Trinajstić information content (AvgIpc) is 2.39. The molecule has 3 nitrogen and oxygen atoms in total. The van der Waals surface area contributed by atoms with Gasteiger partial charge >= 0.3 is 0 Å². The van der Waals surface area contributed by atoms with Gasteiger partial charge in [0.15, 0.2) is 0 Å². The zero-order chi connectivity index (χ0) is 12.7. The molecule has 0 radical (unpaired) electrons. The van der Waals surface area contributed by atoms with Crippen LogP contribution in [0.15, 0.2) is 18.3 Å². The molecule has 1 rings (SSSR count). The van der Waals surface area contributed by atoms with Crippen molar-refractivity contribution in [2.75, 3.05) is 13.7 Å². The summed E-state index contributed by atoms with van der Waals surface area (Å²) >= 11 is 0. The van der Waals surface area contributed by atoms with Crippen LogP contribution >= 0.6 is 0 Å². The predicted octanol–water partition coefficient (Wildman–Crippen LogP) is 3.18. The number of aromatic nitrogens is 1. The van der Waals surface area contributed by atoms with Crippen molar-refractivity contribution in [1.29, 1.82) is 0 Å². The van der Waals surface area contributed by atoms with E-state index in [1.54, 1.807) is 0 Å². The molecule has 0 amide bonds. The number of ether oxygens (including phenoxy) is 1. The van der Waals surface area contributed by atoms with Crippen LogP contribution in [-0.4, -0.2) is 18.6 Å². The van der Waals surface area contributed by atoms with E-state index in [0.29, 0.717) is 12.0 Å². The Morgan fingerprint density at radius 1 is 1.35 bits per heavy atom. The Morgan fingerprint density at radius 2 is 2.06 bits per heavy atom. The van der Waals surface area contributed by atoms with Crippen LogP contribution in [0.25, 0.3) is 0 Å². The first-order valence-corrected chi connectivity index (χ1v) is 6.47. The van der Waals surface area contributed by atoms with Crippen LogP contribution in [0, 0.1) is 5.92 Å². The van der Waals surface area contributed by atoms with Gasteiger partial charge in [-0.05, 0) is 31.5 Å². The molecular weight excluding hydrogens is 212 g/mol. The molecule has 96 valence electrons. The molecule has 0 saturated carbocycles. The van der Waals surface area contributed by atoms with Crippen LogP contribution < -0.4 is 10.1 Å². The van der Waals surface area contributed by atoms with Crippen molar-refractivity contribution in [3.63, 3.8) is 0 Å². The third-order valence-electron chi connectivity index (χ3n) is 3.31. The van der Waals surface area contributed by atoms with Crippen molar-refractivity contribution in [1.82, 2.24) is 10.3 Å². The lowest BCUT2D eigenvalue weighted by molar-refractivity contribution is 0.232. The molecule has 1 aromatic rings. The van der Waals surface area contributed by atoms with Gasteiger partial charge in [0.25, 0.3) is 0 Å². The minimum atomic E-state index is 0.327. The van der Waals surface area contributed by atoms with E-state index in [4.69, 9.17) is 4.74 Å². The fraction of sp³-hybridized carbons (Fsp3) is 0.643. The Kier molecular flexibility index (Phi) is 5.98. The molecule has 0 aliphatic heterocycles. The van der Waals surface area contributed by atoms with Crippen LogP contribution in [0.3, 0.4) is 0 Å². The first-order chi connectivity index (χ1) is 8.21. The Labute approximate surface area is 105 Å². The fourth-order valence-corrected chi connectivity index (χ4v) is 1.67. The minimum Gasteiger partial charge on any atom is -0.477 e. The zero-order valence-corrected chi connectivity index (χ0v) is 11.4. The first-order valence-electron chi connectivity index (χ1n) is 6.47.